The summed E-state index contributed by atoms with van der Waals surface area (Å²) in [4.78, 5) is 17.4. The normalized spacial score (nSPS) is 11.3. The third-order valence-corrected chi connectivity index (χ3v) is 5.34. The summed E-state index contributed by atoms with van der Waals surface area (Å²) < 4.78 is 8.34. The minimum Gasteiger partial charge on any atom is -0.383 e. The fraction of sp³-hybridized carbons (Fsp3) is 0.200. The molecule has 0 aliphatic heterocycles. The zero-order valence-electron chi connectivity index (χ0n) is 14.4. The Morgan fingerprint density at radius 1 is 1.19 bits per heavy atom. The lowest BCUT2D eigenvalue weighted by Crippen LogP contribution is -2.26. The molecular weight excluding hydrogens is 346 g/mol. The van der Waals surface area contributed by atoms with E-state index in [1.54, 1.807) is 18.4 Å². The number of carbonyl (C=O) groups is 1. The number of benzene rings is 2. The summed E-state index contributed by atoms with van der Waals surface area (Å²) >= 11 is 1.60. The number of aromatic nitrogens is 2. The molecule has 26 heavy (non-hydrogen) atoms. The van der Waals surface area contributed by atoms with Crippen LogP contribution in [0.25, 0.3) is 21.1 Å². The quantitative estimate of drug-likeness (QED) is 0.565. The van der Waals surface area contributed by atoms with E-state index in [2.05, 4.69) is 10.3 Å². The van der Waals surface area contributed by atoms with Crippen molar-refractivity contribution in [3.8, 4) is 0 Å². The number of rotatable bonds is 6. The van der Waals surface area contributed by atoms with Crippen molar-refractivity contribution in [3.05, 3.63) is 65.3 Å². The summed E-state index contributed by atoms with van der Waals surface area (Å²) in [6.07, 6.45) is 0. The predicted molar refractivity (Wildman–Crippen MR) is 105 cm³/mol. The molecule has 0 unspecified atom stereocenters. The monoisotopic (exact) mass is 365 g/mol. The fourth-order valence-electron chi connectivity index (χ4n) is 3.06. The molecule has 0 saturated heterocycles. The van der Waals surface area contributed by atoms with Gasteiger partial charge in [-0.05, 0) is 24.3 Å². The Morgan fingerprint density at radius 3 is 2.85 bits per heavy atom. The van der Waals surface area contributed by atoms with Gasteiger partial charge in [0.25, 0.3) is 5.91 Å². The third kappa shape index (κ3) is 3.21. The van der Waals surface area contributed by atoms with Gasteiger partial charge in [-0.25, -0.2) is 4.98 Å². The van der Waals surface area contributed by atoms with E-state index >= 15 is 0 Å². The van der Waals surface area contributed by atoms with Crippen LogP contribution in [0.15, 0.2) is 54.6 Å². The molecule has 2 aromatic heterocycles. The molecule has 4 aromatic rings. The van der Waals surface area contributed by atoms with Gasteiger partial charge in [-0.1, -0.05) is 30.3 Å². The lowest BCUT2D eigenvalue weighted by molar-refractivity contribution is 0.0939. The Hall–Kier alpha value is -2.70. The van der Waals surface area contributed by atoms with Crippen molar-refractivity contribution in [2.75, 3.05) is 13.7 Å². The lowest BCUT2D eigenvalue weighted by Gasteiger charge is -2.10. The highest BCUT2D eigenvalue weighted by Gasteiger charge is 2.15. The van der Waals surface area contributed by atoms with E-state index in [0.717, 1.165) is 26.1 Å². The van der Waals surface area contributed by atoms with Crippen LogP contribution in [0.1, 0.15) is 15.5 Å². The highest BCUT2D eigenvalue weighted by atomic mass is 32.1. The van der Waals surface area contributed by atoms with Crippen molar-refractivity contribution in [2.24, 2.45) is 0 Å². The van der Waals surface area contributed by atoms with E-state index in [9.17, 15) is 4.79 Å². The number of thiazole rings is 1. The molecule has 2 aromatic carbocycles. The van der Waals surface area contributed by atoms with E-state index in [0.29, 0.717) is 25.4 Å². The van der Waals surface area contributed by atoms with Gasteiger partial charge in [0.2, 0.25) is 0 Å². The van der Waals surface area contributed by atoms with Gasteiger partial charge in [0.05, 0.1) is 23.4 Å². The molecule has 0 saturated carbocycles. The number of nitrogens with zero attached hydrogens (tertiary/aromatic N) is 2. The minimum atomic E-state index is -0.100. The van der Waals surface area contributed by atoms with Crippen LogP contribution in [0.5, 0.6) is 0 Å². The minimum absolute atomic E-state index is 0.100. The van der Waals surface area contributed by atoms with Crippen LogP contribution in [-0.2, 0) is 17.8 Å². The second-order valence-corrected chi connectivity index (χ2v) is 7.11. The first-order valence-electron chi connectivity index (χ1n) is 8.46. The molecule has 132 valence electrons. The predicted octanol–water partition coefficient (Wildman–Crippen LogP) is 3.83. The number of ether oxygens (including phenoxy) is 1. The maximum atomic E-state index is 12.8. The molecule has 0 aliphatic carbocycles. The average molecular weight is 365 g/mol. The van der Waals surface area contributed by atoms with Crippen molar-refractivity contribution in [1.82, 2.24) is 14.9 Å². The Morgan fingerprint density at radius 2 is 2.00 bits per heavy atom. The first-order chi connectivity index (χ1) is 12.8. The van der Waals surface area contributed by atoms with E-state index in [4.69, 9.17) is 4.74 Å². The summed E-state index contributed by atoms with van der Waals surface area (Å²) in [5.41, 5.74) is 2.65. The number of hydrogen-bond donors (Lipinski definition) is 1. The Balaban J connectivity index is 1.57. The lowest BCUT2D eigenvalue weighted by atomic mass is 10.2. The zero-order valence-corrected chi connectivity index (χ0v) is 15.3. The second-order valence-electron chi connectivity index (χ2n) is 5.99. The summed E-state index contributed by atoms with van der Waals surface area (Å²) in [5, 5.41) is 4.95. The third-order valence-electron chi connectivity index (χ3n) is 4.30. The van der Waals surface area contributed by atoms with Gasteiger partial charge >= 0.3 is 0 Å². The van der Waals surface area contributed by atoms with Gasteiger partial charge in [-0.15, -0.1) is 11.3 Å². The SMILES string of the molecule is COCCn1c(C(=O)NCc2nc3ccccc3s2)cc2ccccc21. The fourth-order valence-corrected chi connectivity index (χ4v) is 3.97. The standard InChI is InChI=1S/C20H19N3O2S/c1-25-11-10-23-16-8-4-2-6-14(16)12-17(23)20(24)21-13-19-22-15-7-3-5-9-18(15)26-19/h2-9,12H,10-11,13H2,1H3,(H,21,24). The zero-order chi connectivity index (χ0) is 17.9. The molecule has 0 fully saturated rings. The van der Waals surface area contributed by atoms with Crippen LogP contribution in [0.2, 0.25) is 0 Å². The van der Waals surface area contributed by atoms with E-state index < -0.39 is 0 Å². The molecule has 4 rings (SSSR count). The number of methoxy groups -OCH3 is 1. The number of fused-ring (bicyclic) bond motifs is 2. The van der Waals surface area contributed by atoms with Crippen molar-refractivity contribution in [3.63, 3.8) is 0 Å². The van der Waals surface area contributed by atoms with Crippen molar-refractivity contribution < 1.29 is 9.53 Å². The van der Waals surface area contributed by atoms with Crippen molar-refractivity contribution in [2.45, 2.75) is 13.1 Å². The van der Waals surface area contributed by atoms with Gasteiger partial charge in [0, 0.05) is 24.6 Å². The van der Waals surface area contributed by atoms with Crippen molar-refractivity contribution >= 4 is 38.4 Å². The Kier molecular flexibility index (Phi) is 4.69. The average Bonchev–Trinajstić information content (AvgIpc) is 3.25. The molecule has 0 atom stereocenters. The number of carbonyl (C=O) groups excluding carboxylic acids is 1. The topological polar surface area (TPSA) is 56.1 Å². The first kappa shape index (κ1) is 16.8. The van der Waals surface area contributed by atoms with Crippen LogP contribution < -0.4 is 5.32 Å². The molecule has 0 spiro atoms. The van der Waals surface area contributed by atoms with Crippen LogP contribution in [0.4, 0.5) is 0 Å². The molecule has 0 aliphatic rings. The summed E-state index contributed by atoms with van der Waals surface area (Å²) in [7, 11) is 1.67. The largest absolute Gasteiger partial charge is 0.383 e. The van der Waals surface area contributed by atoms with Crippen LogP contribution >= 0.6 is 11.3 Å². The van der Waals surface area contributed by atoms with Crippen LogP contribution in [0, 0.1) is 0 Å². The van der Waals surface area contributed by atoms with E-state index in [1.807, 2.05) is 59.2 Å². The number of nitrogens with one attached hydrogen (secondary N) is 1. The highest BCUT2D eigenvalue weighted by molar-refractivity contribution is 7.18. The van der Waals surface area contributed by atoms with Gasteiger partial charge < -0.3 is 14.6 Å². The molecule has 0 radical (unpaired) electrons. The Bertz CT molecular complexity index is 1030. The summed E-state index contributed by atoms with van der Waals surface area (Å²) in [6, 6.07) is 17.9. The van der Waals surface area contributed by atoms with Crippen LogP contribution in [-0.4, -0.2) is 29.2 Å². The number of amides is 1. The second kappa shape index (κ2) is 7.27. The maximum absolute atomic E-state index is 12.8. The number of hydrogen-bond acceptors (Lipinski definition) is 4. The molecule has 6 heteroatoms. The van der Waals surface area contributed by atoms with Gasteiger partial charge in [0.1, 0.15) is 10.7 Å². The molecular formula is C20H19N3O2S. The van der Waals surface area contributed by atoms with E-state index in [-0.39, 0.29) is 5.91 Å². The van der Waals surface area contributed by atoms with E-state index in [1.165, 1.54) is 0 Å². The smallest absolute Gasteiger partial charge is 0.268 e. The molecule has 0 bridgehead atoms. The number of para-hydroxylation sites is 2. The summed E-state index contributed by atoms with van der Waals surface area (Å²) in [6.45, 7) is 1.61. The summed E-state index contributed by atoms with van der Waals surface area (Å²) in [5.74, 6) is -0.100. The van der Waals surface area contributed by atoms with Gasteiger partial charge in [-0.2, -0.15) is 0 Å². The first-order valence-corrected chi connectivity index (χ1v) is 9.28. The molecule has 5 nitrogen and oxygen atoms in total. The molecule has 1 amide bonds. The Labute approximate surface area is 155 Å². The molecule has 1 N–H and O–H groups in total. The van der Waals surface area contributed by atoms with Crippen molar-refractivity contribution in [1.29, 1.82) is 0 Å². The highest BCUT2D eigenvalue weighted by Crippen LogP contribution is 2.22. The van der Waals surface area contributed by atoms with Gasteiger partial charge in [0.15, 0.2) is 0 Å². The van der Waals surface area contributed by atoms with Crippen LogP contribution in [0.3, 0.4) is 0 Å². The van der Waals surface area contributed by atoms with Gasteiger partial charge in [-0.3, -0.25) is 4.79 Å². The maximum Gasteiger partial charge on any atom is 0.268 e. The molecule has 2 heterocycles.